The van der Waals surface area contributed by atoms with Crippen molar-refractivity contribution in [3.8, 4) is 0 Å². The molecule has 0 radical (unpaired) electrons. The summed E-state index contributed by atoms with van der Waals surface area (Å²) in [7, 11) is 0. The lowest BCUT2D eigenvalue weighted by atomic mass is 10.1. The Balaban J connectivity index is 1.80. The van der Waals surface area contributed by atoms with Gasteiger partial charge in [0.2, 0.25) is 0 Å². The van der Waals surface area contributed by atoms with Crippen LogP contribution in [-0.4, -0.2) is 15.8 Å². The van der Waals surface area contributed by atoms with Gasteiger partial charge in [-0.15, -0.1) is 0 Å². The summed E-state index contributed by atoms with van der Waals surface area (Å²) in [5, 5.41) is 12.0. The Kier molecular flexibility index (Phi) is 5.06. The maximum absolute atomic E-state index is 12.7. The zero-order valence-electron chi connectivity index (χ0n) is 13.7. The van der Waals surface area contributed by atoms with E-state index in [-0.39, 0.29) is 11.3 Å². The molecule has 0 atom stereocenters. The fourth-order valence-electron chi connectivity index (χ4n) is 2.40. The number of carbonyl (C=O) groups is 1. The van der Waals surface area contributed by atoms with Crippen LogP contribution in [0.3, 0.4) is 0 Å². The van der Waals surface area contributed by atoms with Crippen molar-refractivity contribution in [2.24, 2.45) is 0 Å². The van der Waals surface area contributed by atoms with Crippen molar-refractivity contribution in [3.05, 3.63) is 74.9 Å². The fraction of sp³-hybridized carbons (Fsp3) is 0.0588. The average molecular weight is 411 g/mol. The van der Waals surface area contributed by atoms with Gasteiger partial charge in [-0.05, 0) is 42.5 Å². The van der Waals surface area contributed by atoms with Crippen LogP contribution in [0.15, 0.2) is 48.5 Å². The second kappa shape index (κ2) is 7.31. The van der Waals surface area contributed by atoms with Crippen molar-refractivity contribution in [3.63, 3.8) is 0 Å². The Morgan fingerprint density at radius 1 is 1.11 bits per heavy atom. The number of nitro benzene ring substituents is 1. The molecule has 0 aliphatic heterocycles. The number of alkyl halides is 3. The van der Waals surface area contributed by atoms with Crippen molar-refractivity contribution in [1.82, 2.24) is 10.4 Å². The molecular formula is C17H10ClF3N4O3. The third-order valence-corrected chi connectivity index (χ3v) is 3.96. The minimum Gasteiger partial charge on any atom is -0.292 e. The number of fused-ring (bicyclic) bond motifs is 1. The van der Waals surface area contributed by atoms with Gasteiger partial charge in [0.15, 0.2) is 0 Å². The van der Waals surface area contributed by atoms with E-state index in [9.17, 15) is 28.1 Å². The Morgan fingerprint density at radius 2 is 1.86 bits per heavy atom. The maximum Gasteiger partial charge on any atom is 0.416 e. The summed E-state index contributed by atoms with van der Waals surface area (Å²) >= 11 is 5.79. The molecule has 28 heavy (non-hydrogen) atoms. The number of nitrogens with one attached hydrogen (secondary N) is 2. The SMILES string of the molecule is O=C(NNc1ccc(C(F)(F)F)cc1[N+](=O)[O-])c1ccc2nc(Cl)ccc2c1. The number of nitro groups is 1. The van der Waals surface area contributed by atoms with Crippen LogP contribution in [0.1, 0.15) is 15.9 Å². The third-order valence-electron chi connectivity index (χ3n) is 3.75. The van der Waals surface area contributed by atoms with E-state index in [2.05, 4.69) is 15.8 Å². The molecular weight excluding hydrogens is 401 g/mol. The van der Waals surface area contributed by atoms with E-state index in [1.807, 2.05) is 0 Å². The molecule has 3 rings (SSSR count). The van der Waals surface area contributed by atoms with E-state index >= 15 is 0 Å². The van der Waals surface area contributed by atoms with E-state index < -0.39 is 28.3 Å². The lowest BCUT2D eigenvalue weighted by molar-refractivity contribution is -0.384. The van der Waals surface area contributed by atoms with Crippen molar-refractivity contribution in [1.29, 1.82) is 0 Å². The highest BCUT2D eigenvalue weighted by Gasteiger charge is 2.33. The molecule has 0 aliphatic rings. The quantitative estimate of drug-likeness (QED) is 0.373. The minimum absolute atomic E-state index is 0.207. The van der Waals surface area contributed by atoms with Gasteiger partial charge in [-0.2, -0.15) is 13.2 Å². The number of aromatic nitrogens is 1. The molecule has 2 N–H and O–H groups in total. The largest absolute Gasteiger partial charge is 0.416 e. The summed E-state index contributed by atoms with van der Waals surface area (Å²) < 4.78 is 38.2. The Labute approximate surface area is 160 Å². The lowest BCUT2D eigenvalue weighted by Crippen LogP contribution is -2.29. The number of benzene rings is 2. The molecule has 0 saturated carbocycles. The predicted octanol–water partition coefficient (Wildman–Crippen LogP) is 4.57. The summed E-state index contributed by atoms with van der Waals surface area (Å²) in [5.41, 5.74) is 2.99. The molecule has 1 amide bonds. The van der Waals surface area contributed by atoms with Gasteiger partial charge >= 0.3 is 6.18 Å². The van der Waals surface area contributed by atoms with Gasteiger partial charge in [-0.1, -0.05) is 11.6 Å². The van der Waals surface area contributed by atoms with E-state index in [0.717, 1.165) is 6.07 Å². The molecule has 0 bridgehead atoms. The summed E-state index contributed by atoms with van der Waals surface area (Å²) in [4.78, 5) is 26.4. The third kappa shape index (κ3) is 4.12. The maximum atomic E-state index is 12.7. The van der Waals surface area contributed by atoms with Gasteiger partial charge in [-0.3, -0.25) is 25.8 Å². The Morgan fingerprint density at radius 3 is 2.54 bits per heavy atom. The number of carbonyl (C=O) groups excluding carboxylic acids is 1. The predicted molar refractivity (Wildman–Crippen MR) is 95.9 cm³/mol. The van der Waals surface area contributed by atoms with E-state index in [1.54, 1.807) is 18.2 Å². The molecule has 1 aromatic heterocycles. The highest BCUT2D eigenvalue weighted by atomic mass is 35.5. The number of hydrogen-bond donors (Lipinski definition) is 2. The van der Waals surface area contributed by atoms with Gasteiger partial charge in [0.1, 0.15) is 10.8 Å². The summed E-state index contributed by atoms with van der Waals surface area (Å²) in [6, 6.07) is 9.70. The molecule has 2 aromatic carbocycles. The first-order chi connectivity index (χ1) is 13.1. The van der Waals surface area contributed by atoms with Crippen LogP contribution < -0.4 is 10.9 Å². The first-order valence-corrected chi connectivity index (χ1v) is 8.01. The molecule has 3 aromatic rings. The highest BCUT2D eigenvalue weighted by Crippen LogP contribution is 2.34. The van der Waals surface area contributed by atoms with Gasteiger partial charge in [0.05, 0.1) is 16.0 Å². The van der Waals surface area contributed by atoms with Crippen LogP contribution in [0.25, 0.3) is 10.9 Å². The van der Waals surface area contributed by atoms with Crippen molar-refractivity contribution in [2.45, 2.75) is 6.18 Å². The van der Waals surface area contributed by atoms with Crippen LogP contribution in [0, 0.1) is 10.1 Å². The van der Waals surface area contributed by atoms with Gasteiger partial charge in [-0.25, -0.2) is 4.98 Å². The zero-order chi connectivity index (χ0) is 20.5. The molecule has 0 aliphatic carbocycles. The second-order valence-electron chi connectivity index (χ2n) is 5.61. The van der Waals surface area contributed by atoms with E-state index in [4.69, 9.17) is 11.6 Å². The first-order valence-electron chi connectivity index (χ1n) is 7.63. The van der Waals surface area contributed by atoms with Gasteiger partial charge in [0, 0.05) is 17.0 Å². The summed E-state index contributed by atoms with van der Waals surface area (Å²) in [6.07, 6.45) is -4.73. The fourth-order valence-corrected chi connectivity index (χ4v) is 2.56. The molecule has 0 saturated heterocycles. The molecule has 0 fully saturated rings. The number of hydrazine groups is 1. The standard InChI is InChI=1S/C17H10ClF3N4O3/c18-15-6-2-9-7-10(1-4-12(9)22-15)16(26)24-23-13-5-3-11(17(19,20)21)8-14(13)25(27)28/h1-8,23H,(H,24,26). The zero-order valence-corrected chi connectivity index (χ0v) is 14.5. The van der Waals surface area contributed by atoms with E-state index in [0.29, 0.717) is 28.2 Å². The van der Waals surface area contributed by atoms with Crippen molar-refractivity contribution >= 4 is 39.8 Å². The minimum atomic E-state index is -4.73. The monoisotopic (exact) mass is 410 g/mol. The first kappa shape index (κ1) is 19.4. The number of halogens is 4. The number of amides is 1. The number of nitrogens with zero attached hydrogens (tertiary/aromatic N) is 2. The lowest BCUT2D eigenvalue weighted by Gasteiger charge is -2.11. The van der Waals surface area contributed by atoms with Crippen LogP contribution >= 0.6 is 11.6 Å². The molecule has 7 nitrogen and oxygen atoms in total. The number of anilines is 1. The average Bonchev–Trinajstić information content (AvgIpc) is 2.64. The van der Waals surface area contributed by atoms with Gasteiger partial charge < -0.3 is 0 Å². The van der Waals surface area contributed by atoms with Crippen LogP contribution in [-0.2, 0) is 6.18 Å². The number of rotatable bonds is 4. The number of hydrogen-bond acceptors (Lipinski definition) is 5. The molecule has 0 unspecified atom stereocenters. The topological polar surface area (TPSA) is 97.2 Å². The highest BCUT2D eigenvalue weighted by molar-refractivity contribution is 6.29. The summed E-state index contributed by atoms with van der Waals surface area (Å²) in [5.74, 6) is -0.647. The van der Waals surface area contributed by atoms with Crippen molar-refractivity contribution < 1.29 is 22.9 Å². The second-order valence-corrected chi connectivity index (χ2v) is 5.99. The molecule has 11 heteroatoms. The molecule has 144 valence electrons. The molecule has 1 heterocycles. The Bertz CT molecular complexity index is 1090. The van der Waals surface area contributed by atoms with Gasteiger partial charge in [0.25, 0.3) is 11.6 Å². The van der Waals surface area contributed by atoms with Crippen LogP contribution in [0.2, 0.25) is 5.15 Å². The number of pyridine rings is 1. The Hall–Kier alpha value is -3.40. The van der Waals surface area contributed by atoms with E-state index in [1.165, 1.54) is 12.1 Å². The van der Waals surface area contributed by atoms with Crippen LogP contribution in [0.5, 0.6) is 0 Å². The smallest absolute Gasteiger partial charge is 0.292 e. The van der Waals surface area contributed by atoms with Crippen LogP contribution in [0.4, 0.5) is 24.5 Å². The summed E-state index contributed by atoms with van der Waals surface area (Å²) in [6.45, 7) is 0. The molecule has 0 spiro atoms. The normalized spacial score (nSPS) is 11.3. The van der Waals surface area contributed by atoms with Crippen molar-refractivity contribution in [2.75, 3.05) is 5.43 Å².